The van der Waals surface area contributed by atoms with Gasteiger partial charge in [-0.3, -0.25) is 4.68 Å². The van der Waals surface area contributed by atoms with Gasteiger partial charge >= 0.3 is 0 Å². The SMILES string of the molecule is CCCNC(c1cn(C)nc1C)C(C)(C)C. The lowest BCUT2D eigenvalue weighted by molar-refractivity contribution is 0.272. The number of nitrogens with one attached hydrogen (secondary N) is 1. The standard InChI is InChI=1S/C13H25N3/c1-7-8-14-12(13(3,4)5)11-9-16(6)15-10(11)2/h9,12,14H,7-8H2,1-6H3. The summed E-state index contributed by atoms with van der Waals surface area (Å²) in [6.07, 6.45) is 3.29. The number of hydrogen-bond acceptors (Lipinski definition) is 2. The minimum absolute atomic E-state index is 0.211. The van der Waals surface area contributed by atoms with E-state index in [1.54, 1.807) is 0 Å². The molecule has 1 aromatic rings. The molecule has 0 aliphatic carbocycles. The summed E-state index contributed by atoms with van der Waals surface area (Å²) in [5.74, 6) is 0. The van der Waals surface area contributed by atoms with Crippen molar-refractivity contribution in [1.82, 2.24) is 15.1 Å². The van der Waals surface area contributed by atoms with Crippen molar-refractivity contribution in [2.45, 2.75) is 47.1 Å². The molecule has 3 nitrogen and oxygen atoms in total. The first kappa shape index (κ1) is 13.2. The molecule has 0 radical (unpaired) electrons. The number of hydrogen-bond donors (Lipinski definition) is 1. The van der Waals surface area contributed by atoms with Gasteiger partial charge in [-0.15, -0.1) is 0 Å². The highest BCUT2D eigenvalue weighted by Crippen LogP contribution is 2.33. The maximum atomic E-state index is 4.43. The molecule has 0 spiro atoms. The van der Waals surface area contributed by atoms with Gasteiger partial charge in [-0.1, -0.05) is 27.7 Å². The minimum atomic E-state index is 0.211. The lowest BCUT2D eigenvalue weighted by Gasteiger charge is -2.31. The molecule has 3 heteroatoms. The predicted molar refractivity (Wildman–Crippen MR) is 68.4 cm³/mol. The molecule has 0 fully saturated rings. The van der Waals surface area contributed by atoms with Gasteiger partial charge in [0.25, 0.3) is 0 Å². The quantitative estimate of drug-likeness (QED) is 0.850. The Morgan fingerprint density at radius 3 is 2.44 bits per heavy atom. The Balaban J connectivity index is 2.96. The summed E-state index contributed by atoms with van der Waals surface area (Å²) in [7, 11) is 1.98. The molecule has 16 heavy (non-hydrogen) atoms. The van der Waals surface area contributed by atoms with Gasteiger partial charge in [0.1, 0.15) is 0 Å². The Morgan fingerprint density at radius 1 is 1.44 bits per heavy atom. The number of rotatable bonds is 4. The van der Waals surface area contributed by atoms with Crippen LogP contribution in [0.5, 0.6) is 0 Å². The highest BCUT2D eigenvalue weighted by Gasteiger charge is 2.28. The van der Waals surface area contributed by atoms with Crippen LogP contribution < -0.4 is 5.32 Å². The molecule has 1 unspecified atom stereocenters. The van der Waals surface area contributed by atoms with E-state index in [-0.39, 0.29) is 5.41 Å². The van der Waals surface area contributed by atoms with Gasteiger partial charge in [0.2, 0.25) is 0 Å². The molecule has 0 bridgehead atoms. The summed E-state index contributed by atoms with van der Waals surface area (Å²) in [5, 5.41) is 8.06. The van der Waals surface area contributed by atoms with Gasteiger partial charge in [-0.2, -0.15) is 5.10 Å². The van der Waals surface area contributed by atoms with Crippen LogP contribution >= 0.6 is 0 Å². The van der Waals surface area contributed by atoms with E-state index < -0.39 is 0 Å². The lowest BCUT2D eigenvalue weighted by Crippen LogP contribution is -2.33. The Labute approximate surface area is 99.2 Å². The van der Waals surface area contributed by atoms with Gasteiger partial charge in [0.15, 0.2) is 0 Å². The van der Waals surface area contributed by atoms with Crippen LogP contribution in [-0.2, 0) is 7.05 Å². The Hall–Kier alpha value is -0.830. The highest BCUT2D eigenvalue weighted by atomic mass is 15.3. The maximum absolute atomic E-state index is 4.43. The van der Waals surface area contributed by atoms with Gasteiger partial charge < -0.3 is 5.32 Å². The third-order valence-corrected chi connectivity index (χ3v) is 2.83. The molecule has 0 saturated carbocycles. The molecule has 0 saturated heterocycles. The minimum Gasteiger partial charge on any atom is -0.309 e. The van der Waals surface area contributed by atoms with Crippen molar-refractivity contribution in [2.75, 3.05) is 6.54 Å². The summed E-state index contributed by atoms with van der Waals surface area (Å²) in [6, 6.07) is 0.376. The van der Waals surface area contributed by atoms with Crippen molar-refractivity contribution in [3.8, 4) is 0 Å². The van der Waals surface area contributed by atoms with Crippen molar-refractivity contribution in [3.05, 3.63) is 17.5 Å². The zero-order valence-electron chi connectivity index (χ0n) is 11.5. The monoisotopic (exact) mass is 223 g/mol. The van der Waals surface area contributed by atoms with E-state index in [1.807, 2.05) is 11.7 Å². The molecular weight excluding hydrogens is 198 g/mol. The van der Waals surface area contributed by atoms with Crippen LogP contribution in [0.3, 0.4) is 0 Å². The molecule has 0 aromatic carbocycles. The fourth-order valence-electron chi connectivity index (χ4n) is 2.07. The normalized spacial score (nSPS) is 14.1. The third-order valence-electron chi connectivity index (χ3n) is 2.83. The lowest BCUT2D eigenvalue weighted by atomic mass is 9.82. The molecule has 92 valence electrons. The first-order valence-corrected chi connectivity index (χ1v) is 6.09. The molecule has 0 amide bonds. The van der Waals surface area contributed by atoms with Crippen molar-refractivity contribution >= 4 is 0 Å². The Morgan fingerprint density at radius 2 is 2.06 bits per heavy atom. The van der Waals surface area contributed by atoms with Gasteiger partial charge in [0.05, 0.1) is 5.69 Å². The van der Waals surface area contributed by atoms with Crippen LogP contribution in [0.25, 0.3) is 0 Å². The van der Waals surface area contributed by atoms with Crippen molar-refractivity contribution in [1.29, 1.82) is 0 Å². The van der Waals surface area contributed by atoms with E-state index in [9.17, 15) is 0 Å². The molecule has 1 N–H and O–H groups in total. The summed E-state index contributed by atoms with van der Waals surface area (Å²) in [6.45, 7) is 12.1. The first-order chi connectivity index (χ1) is 7.36. The van der Waals surface area contributed by atoms with Crippen LogP contribution in [0.4, 0.5) is 0 Å². The molecule has 1 rings (SSSR count). The smallest absolute Gasteiger partial charge is 0.0641 e. The van der Waals surface area contributed by atoms with Crippen LogP contribution in [0, 0.1) is 12.3 Å². The number of nitrogens with zero attached hydrogens (tertiary/aromatic N) is 2. The second kappa shape index (κ2) is 5.00. The van der Waals surface area contributed by atoms with Crippen molar-refractivity contribution < 1.29 is 0 Å². The molecule has 1 atom stereocenters. The molecule has 0 aliphatic heterocycles. The van der Waals surface area contributed by atoms with Crippen LogP contribution in [-0.4, -0.2) is 16.3 Å². The summed E-state index contributed by atoms with van der Waals surface area (Å²) >= 11 is 0. The van der Waals surface area contributed by atoms with Crippen LogP contribution in [0.2, 0.25) is 0 Å². The molecule has 0 aliphatic rings. The summed E-state index contributed by atoms with van der Waals surface area (Å²) in [5.41, 5.74) is 2.66. The average Bonchev–Trinajstić information content (AvgIpc) is 2.44. The van der Waals surface area contributed by atoms with E-state index in [4.69, 9.17) is 0 Å². The van der Waals surface area contributed by atoms with E-state index >= 15 is 0 Å². The van der Waals surface area contributed by atoms with Crippen LogP contribution in [0.15, 0.2) is 6.20 Å². The predicted octanol–water partition coefficient (Wildman–Crippen LogP) is 2.82. The zero-order valence-corrected chi connectivity index (χ0v) is 11.5. The van der Waals surface area contributed by atoms with Gasteiger partial charge in [-0.05, 0) is 25.3 Å². The highest BCUT2D eigenvalue weighted by molar-refractivity contribution is 5.22. The molecule has 1 aromatic heterocycles. The maximum Gasteiger partial charge on any atom is 0.0641 e. The topological polar surface area (TPSA) is 29.9 Å². The van der Waals surface area contributed by atoms with Crippen molar-refractivity contribution in [2.24, 2.45) is 12.5 Å². The fourth-order valence-corrected chi connectivity index (χ4v) is 2.07. The second-order valence-corrected chi connectivity index (χ2v) is 5.60. The van der Waals surface area contributed by atoms with Crippen LogP contribution in [0.1, 0.15) is 51.4 Å². The average molecular weight is 223 g/mol. The van der Waals surface area contributed by atoms with Gasteiger partial charge in [-0.25, -0.2) is 0 Å². The van der Waals surface area contributed by atoms with E-state index in [0.717, 1.165) is 18.7 Å². The Bertz CT molecular complexity index is 333. The summed E-state index contributed by atoms with van der Waals surface area (Å²) < 4.78 is 1.90. The Kier molecular flexibility index (Phi) is 4.14. The zero-order chi connectivity index (χ0) is 12.3. The largest absolute Gasteiger partial charge is 0.309 e. The number of aromatic nitrogens is 2. The van der Waals surface area contributed by atoms with E-state index in [1.165, 1.54) is 5.56 Å². The van der Waals surface area contributed by atoms with E-state index in [0.29, 0.717) is 6.04 Å². The fraction of sp³-hybridized carbons (Fsp3) is 0.769. The second-order valence-electron chi connectivity index (χ2n) is 5.60. The van der Waals surface area contributed by atoms with Gasteiger partial charge in [0, 0.05) is 24.8 Å². The third kappa shape index (κ3) is 3.08. The number of aryl methyl sites for hydroxylation is 2. The van der Waals surface area contributed by atoms with Crippen molar-refractivity contribution in [3.63, 3.8) is 0 Å². The summed E-state index contributed by atoms with van der Waals surface area (Å²) in [4.78, 5) is 0. The van der Waals surface area contributed by atoms with E-state index in [2.05, 4.69) is 51.2 Å². The molecule has 1 heterocycles. The molecular formula is C13H25N3. The first-order valence-electron chi connectivity index (χ1n) is 6.09.